The zero-order valence-corrected chi connectivity index (χ0v) is 31.3. The van der Waals surface area contributed by atoms with Crippen LogP contribution in [0.5, 0.6) is 11.5 Å². The van der Waals surface area contributed by atoms with Crippen molar-refractivity contribution in [1.82, 2.24) is 9.55 Å². The van der Waals surface area contributed by atoms with Crippen molar-refractivity contribution in [1.29, 1.82) is 0 Å². The molecule has 8 heteroatoms. The van der Waals surface area contributed by atoms with E-state index in [1.54, 1.807) is 0 Å². The molecule has 6 nitrogen and oxygen atoms in total. The third-order valence-electron chi connectivity index (χ3n) is 10.3. The van der Waals surface area contributed by atoms with Gasteiger partial charge in [-0.3, -0.25) is 4.57 Å². The van der Waals surface area contributed by atoms with Crippen LogP contribution in [-0.4, -0.2) is 16.5 Å². The number of para-hydroxylation sites is 3. The van der Waals surface area contributed by atoms with Gasteiger partial charge >= 0.3 is 6.98 Å². The van der Waals surface area contributed by atoms with Gasteiger partial charge in [0.25, 0.3) is 6.33 Å². The predicted octanol–water partition coefficient (Wildman–Crippen LogP) is 8.82. The summed E-state index contributed by atoms with van der Waals surface area (Å²) in [6, 6.07) is 59.6. The first-order chi connectivity index (χ1) is 25.6. The van der Waals surface area contributed by atoms with Crippen molar-refractivity contribution in [2.75, 3.05) is 9.62 Å². The summed E-state index contributed by atoms with van der Waals surface area (Å²) in [6.45, 7) is 4.36. The average molecular weight is 865 g/mol. The number of pyridine rings is 1. The third-order valence-corrected chi connectivity index (χ3v) is 10.3. The number of hydrogen-bond acceptors (Lipinski definition) is 4. The molecule has 0 spiro atoms. The Morgan fingerprint density at radius 1 is 0.642 bits per heavy atom. The van der Waals surface area contributed by atoms with Crippen LogP contribution >= 0.6 is 0 Å². The van der Waals surface area contributed by atoms with Crippen molar-refractivity contribution in [3.8, 4) is 22.9 Å². The first-order valence-electron chi connectivity index (χ1n) is 17.5. The molecule has 0 saturated carbocycles. The number of ether oxygens (including phenoxy) is 1. The minimum atomic E-state index is -0.253. The number of aromatic nitrogens is 3. The Hall–Kier alpha value is -5.91. The maximum absolute atomic E-state index is 6.67. The first kappa shape index (κ1) is 33.0. The summed E-state index contributed by atoms with van der Waals surface area (Å²) in [5.41, 5.74) is 10.5. The van der Waals surface area contributed by atoms with E-state index in [-0.39, 0.29) is 33.5 Å². The van der Waals surface area contributed by atoms with Gasteiger partial charge < -0.3 is 18.9 Å². The summed E-state index contributed by atoms with van der Waals surface area (Å²) in [5, 5.41) is 0. The number of anilines is 4. The van der Waals surface area contributed by atoms with E-state index < -0.39 is 0 Å². The molecule has 0 saturated heterocycles. The second-order valence-electron chi connectivity index (χ2n) is 13.7. The molecule has 2 aliphatic rings. The maximum Gasteiger partial charge on any atom is 0.408 e. The van der Waals surface area contributed by atoms with Gasteiger partial charge in [-0.2, -0.15) is 6.07 Å². The third kappa shape index (κ3) is 5.30. The van der Waals surface area contributed by atoms with E-state index in [4.69, 9.17) is 9.72 Å². The molecule has 4 heterocycles. The molecule has 0 N–H and O–H groups in total. The van der Waals surface area contributed by atoms with Crippen LogP contribution in [0, 0.1) is 18.5 Å². The van der Waals surface area contributed by atoms with Gasteiger partial charge in [0, 0.05) is 44.4 Å². The molecule has 0 unspecified atom stereocenters. The summed E-state index contributed by atoms with van der Waals surface area (Å²) in [4.78, 5) is 9.41. The van der Waals surface area contributed by atoms with Crippen molar-refractivity contribution >= 4 is 46.4 Å². The fourth-order valence-electron chi connectivity index (χ4n) is 7.85. The summed E-state index contributed by atoms with van der Waals surface area (Å²) in [5.74, 6) is 2.02. The Bertz CT molecular complexity index is 2600. The van der Waals surface area contributed by atoms with Crippen LogP contribution in [0.4, 0.5) is 22.9 Å². The first-order valence-corrected chi connectivity index (χ1v) is 17.5. The average Bonchev–Trinajstić information content (AvgIpc) is 3.75. The van der Waals surface area contributed by atoms with E-state index in [2.05, 4.69) is 154 Å². The number of nitrogens with zero attached hydrogens (tertiary/aromatic N) is 5. The predicted molar refractivity (Wildman–Crippen MR) is 207 cm³/mol. The Morgan fingerprint density at radius 3 is 2.06 bits per heavy atom. The zero-order chi connectivity index (χ0) is 34.8. The van der Waals surface area contributed by atoms with E-state index in [0.717, 1.165) is 56.3 Å². The summed E-state index contributed by atoms with van der Waals surface area (Å²) >= 11 is 0. The molecule has 0 bridgehead atoms. The zero-order valence-electron chi connectivity index (χ0n) is 29.0. The molecule has 0 aliphatic carbocycles. The second-order valence-corrected chi connectivity index (χ2v) is 13.7. The minimum Gasteiger partial charge on any atom is -0.510 e. The topological polar surface area (TPSA) is 37.4 Å². The van der Waals surface area contributed by atoms with Gasteiger partial charge in [-0.1, -0.05) is 116 Å². The van der Waals surface area contributed by atoms with E-state index in [0.29, 0.717) is 11.5 Å². The molecular formula is C45H32BN5OPt-2. The van der Waals surface area contributed by atoms with Crippen molar-refractivity contribution in [3.05, 3.63) is 187 Å². The Morgan fingerprint density at radius 2 is 1.32 bits per heavy atom. The maximum atomic E-state index is 6.67. The van der Waals surface area contributed by atoms with E-state index in [9.17, 15) is 0 Å². The fraction of sp³-hybridized carbons (Fsp3) is 0.0667. The van der Waals surface area contributed by atoms with Gasteiger partial charge in [0.2, 0.25) is 0 Å². The molecular weight excluding hydrogens is 832 g/mol. The molecule has 53 heavy (non-hydrogen) atoms. The fourth-order valence-corrected chi connectivity index (χ4v) is 7.85. The van der Waals surface area contributed by atoms with Crippen LogP contribution in [0.3, 0.4) is 0 Å². The Labute approximate surface area is 323 Å². The van der Waals surface area contributed by atoms with E-state index in [1.807, 2.05) is 54.7 Å². The van der Waals surface area contributed by atoms with E-state index in [1.165, 1.54) is 5.56 Å². The van der Waals surface area contributed by atoms with Crippen LogP contribution in [0.15, 0.2) is 158 Å². The monoisotopic (exact) mass is 864 g/mol. The smallest absolute Gasteiger partial charge is 0.408 e. The van der Waals surface area contributed by atoms with Gasteiger partial charge in [-0.15, -0.1) is 35.9 Å². The molecule has 2 aromatic heterocycles. The van der Waals surface area contributed by atoms with Gasteiger partial charge in [0.05, 0.1) is 16.7 Å². The number of rotatable bonds is 6. The summed E-state index contributed by atoms with van der Waals surface area (Å²) < 4.78 is 10.9. The van der Waals surface area contributed by atoms with Crippen molar-refractivity contribution < 1.29 is 30.4 Å². The van der Waals surface area contributed by atoms with E-state index >= 15 is 0 Å². The van der Waals surface area contributed by atoms with Gasteiger partial charge in [-0.05, 0) is 58.5 Å². The molecule has 0 atom stereocenters. The minimum absolute atomic E-state index is 0. The molecule has 0 fully saturated rings. The standard InChI is InChI=1S/C45H32BN5O.Pt/c1-45(2)37-26-24-35(29-41(37)49-31-48(33-17-8-4-9-18-33)40-22-14-21-38(45)44(40)49)52-36-25-27-39-42(30-36)51(43-23-12-13-28-47-43)46(32-15-6-3-7-16-32)50(39)34-19-10-5-11-20-34;/h3-28H,1-2H3;/q-2;. The number of imidazole rings is 1. The molecule has 258 valence electrons. The van der Waals surface area contributed by atoms with Crippen LogP contribution in [0.25, 0.3) is 22.4 Å². The van der Waals surface area contributed by atoms with Gasteiger partial charge in [0.1, 0.15) is 5.82 Å². The molecule has 2 aliphatic heterocycles. The molecule has 0 radical (unpaired) electrons. The van der Waals surface area contributed by atoms with Crippen LogP contribution in [-0.2, 0) is 26.5 Å². The number of fused-ring (bicyclic) bond motifs is 3. The van der Waals surface area contributed by atoms with Crippen LogP contribution < -0.4 is 24.4 Å². The van der Waals surface area contributed by atoms with Crippen LogP contribution in [0.1, 0.15) is 25.0 Å². The molecule has 0 amide bonds. The quantitative estimate of drug-likeness (QED) is 0.0953. The molecule has 8 aromatic rings. The summed E-state index contributed by atoms with van der Waals surface area (Å²) in [7, 11) is 0. The largest absolute Gasteiger partial charge is 0.510 e. The van der Waals surface area contributed by atoms with Crippen molar-refractivity contribution in [2.45, 2.75) is 19.3 Å². The Balaban J connectivity index is 0.00000372. The van der Waals surface area contributed by atoms with Crippen molar-refractivity contribution in [2.24, 2.45) is 0 Å². The normalized spacial score (nSPS) is 13.7. The summed E-state index contributed by atoms with van der Waals surface area (Å²) in [6.07, 6.45) is 5.49. The van der Waals surface area contributed by atoms with Gasteiger partial charge in [-0.25, -0.2) is 4.98 Å². The van der Waals surface area contributed by atoms with Gasteiger partial charge in [0.15, 0.2) is 0 Å². The molecule has 6 aromatic carbocycles. The second kappa shape index (κ2) is 12.9. The van der Waals surface area contributed by atoms with Crippen LogP contribution in [0.2, 0.25) is 0 Å². The number of benzene rings is 6. The number of hydrogen-bond donors (Lipinski definition) is 0. The SMILES string of the molecule is CC1(C)c2ccc(Oc3[c-]c4c(cc3)N(c3ccccc3)B(c3ccccc3)N4c3ccccn3)[c-]c2-n2[c-][n+](-c3ccccc3)c3cccc1c32.[Pt]. The molecule has 10 rings (SSSR count). The van der Waals surface area contributed by atoms with Crippen molar-refractivity contribution in [3.63, 3.8) is 0 Å². The Kier molecular flexibility index (Phi) is 8.05.